The lowest BCUT2D eigenvalue weighted by Gasteiger charge is -2.18. The summed E-state index contributed by atoms with van der Waals surface area (Å²) in [5.74, 6) is 0.317. The van der Waals surface area contributed by atoms with Crippen LogP contribution in [0.3, 0.4) is 0 Å². The van der Waals surface area contributed by atoms with Crippen molar-refractivity contribution >= 4 is 15.9 Å². The number of hydrogen-bond donors (Lipinski definition) is 2. The van der Waals surface area contributed by atoms with Crippen molar-refractivity contribution in [2.45, 2.75) is 64.4 Å². The van der Waals surface area contributed by atoms with Gasteiger partial charge in [-0.2, -0.15) is 4.72 Å². The van der Waals surface area contributed by atoms with Crippen molar-refractivity contribution in [2.75, 3.05) is 6.61 Å². The van der Waals surface area contributed by atoms with Crippen LogP contribution in [0.5, 0.6) is 5.75 Å². The van der Waals surface area contributed by atoms with E-state index < -0.39 is 16.1 Å². The average Bonchev–Trinajstić information content (AvgIpc) is 2.49. The Morgan fingerprint density at radius 2 is 1.92 bits per heavy atom. The van der Waals surface area contributed by atoms with E-state index in [1.165, 1.54) is 19.1 Å². The molecular formula is C17H28N2O4S. The van der Waals surface area contributed by atoms with Crippen LogP contribution in [-0.2, 0) is 14.8 Å². The fourth-order valence-corrected chi connectivity index (χ4v) is 3.62. The summed E-state index contributed by atoms with van der Waals surface area (Å²) in [5.41, 5.74) is 0.730. The predicted octanol–water partition coefficient (Wildman–Crippen LogP) is 2.37. The summed E-state index contributed by atoms with van der Waals surface area (Å²) < 4.78 is 32.7. The molecule has 0 saturated carbocycles. The Morgan fingerprint density at radius 3 is 2.46 bits per heavy atom. The smallest absolute Gasteiger partial charge is 0.241 e. The van der Waals surface area contributed by atoms with E-state index in [4.69, 9.17) is 4.74 Å². The van der Waals surface area contributed by atoms with Gasteiger partial charge in [-0.15, -0.1) is 0 Å². The highest BCUT2D eigenvalue weighted by Gasteiger charge is 2.23. The minimum atomic E-state index is -3.77. The topological polar surface area (TPSA) is 84.5 Å². The quantitative estimate of drug-likeness (QED) is 0.711. The van der Waals surface area contributed by atoms with E-state index in [0.717, 1.165) is 18.4 Å². The maximum atomic E-state index is 12.4. The van der Waals surface area contributed by atoms with E-state index >= 15 is 0 Å². The van der Waals surface area contributed by atoms with Gasteiger partial charge < -0.3 is 10.1 Å². The van der Waals surface area contributed by atoms with Crippen LogP contribution in [0.1, 0.15) is 46.1 Å². The summed E-state index contributed by atoms with van der Waals surface area (Å²) in [4.78, 5) is 12.2. The number of rotatable bonds is 9. The largest absolute Gasteiger partial charge is 0.494 e. The Bertz CT molecular complexity index is 659. The van der Waals surface area contributed by atoms with Gasteiger partial charge in [0.1, 0.15) is 5.75 Å². The maximum absolute atomic E-state index is 12.4. The average molecular weight is 356 g/mol. The molecule has 1 aromatic rings. The van der Waals surface area contributed by atoms with E-state index in [0.29, 0.717) is 12.4 Å². The number of carbonyl (C=O) groups excluding carboxylic acids is 1. The summed E-state index contributed by atoms with van der Waals surface area (Å²) in [5, 5.41) is 2.81. The Morgan fingerprint density at radius 1 is 1.25 bits per heavy atom. The highest BCUT2D eigenvalue weighted by Crippen LogP contribution is 2.21. The summed E-state index contributed by atoms with van der Waals surface area (Å²) in [7, 11) is -3.77. The number of ether oxygens (including phenoxy) is 1. The molecule has 0 aliphatic rings. The van der Waals surface area contributed by atoms with Gasteiger partial charge in [-0.3, -0.25) is 4.79 Å². The monoisotopic (exact) mass is 356 g/mol. The first-order chi connectivity index (χ1) is 11.2. The number of benzene rings is 1. The van der Waals surface area contributed by atoms with Gasteiger partial charge in [0.05, 0.1) is 17.5 Å². The van der Waals surface area contributed by atoms with Crippen molar-refractivity contribution in [1.82, 2.24) is 10.0 Å². The van der Waals surface area contributed by atoms with Crippen LogP contribution in [0.4, 0.5) is 0 Å². The van der Waals surface area contributed by atoms with Crippen molar-refractivity contribution in [3.63, 3.8) is 0 Å². The lowest BCUT2D eigenvalue weighted by Crippen LogP contribution is -2.47. The molecule has 0 radical (unpaired) electrons. The van der Waals surface area contributed by atoms with Crippen molar-refractivity contribution in [1.29, 1.82) is 0 Å². The summed E-state index contributed by atoms with van der Waals surface area (Å²) >= 11 is 0. The molecule has 0 unspecified atom stereocenters. The van der Waals surface area contributed by atoms with Crippen molar-refractivity contribution < 1.29 is 17.9 Å². The Balaban J connectivity index is 2.82. The lowest BCUT2D eigenvalue weighted by atomic mass is 10.2. The molecule has 2 atom stereocenters. The molecule has 1 rings (SSSR count). The van der Waals surface area contributed by atoms with Crippen molar-refractivity contribution in [3.05, 3.63) is 23.8 Å². The third-order valence-corrected chi connectivity index (χ3v) is 5.13. The first-order valence-corrected chi connectivity index (χ1v) is 9.75. The molecule has 1 amide bonds. The second-order valence-corrected chi connectivity index (χ2v) is 7.62. The number of sulfonamides is 1. The number of carbonyl (C=O) groups is 1. The first-order valence-electron chi connectivity index (χ1n) is 8.27. The molecule has 0 saturated heterocycles. The fraction of sp³-hybridized carbons (Fsp3) is 0.588. The van der Waals surface area contributed by atoms with Gasteiger partial charge in [0, 0.05) is 6.04 Å². The normalized spacial score (nSPS) is 14.0. The maximum Gasteiger partial charge on any atom is 0.241 e. The zero-order valence-electron chi connectivity index (χ0n) is 15.0. The number of aryl methyl sites for hydroxylation is 1. The first kappa shape index (κ1) is 20.4. The molecule has 0 aliphatic carbocycles. The van der Waals surface area contributed by atoms with E-state index in [1.54, 1.807) is 13.0 Å². The zero-order chi connectivity index (χ0) is 18.3. The van der Waals surface area contributed by atoms with Gasteiger partial charge in [0.15, 0.2) is 0 Å². The Hall–Kier alpha value is -1.60. The number of nitrogens with one attached hydrogen (secondary N) is 2. The molecule has 2 N–H and O–H groups in total. The zero-order valence-corrected chi connectivity index (χ0v) is 15.9. The van der Waals surface area contributed by atoms with E-state index in [1.807, 2.05) is 20.8 Å². The highest BCUT2D eigenvalue weighted by molar-refractivity contribution is 7.89. The molecule has 0 spiro atoms. The second kappa shape index (κ2) is 9.03. The Labute approximate surface area is 145 Å². The molecule has 7 heteroatoms. The highest BCUT2D eigenvalue weighted by atomic mass is 32.2. The third-order valence-electron chi connectivity index (χ3n) is 3.59. The standard InChI is InChI=1S/C17H28N2O4S/c1-6-8-13(4)18-17(20)14(5)19-24(21,22)15-9-10-16(23-7-2)12(3)11-15/h9-11,13-14,19H,6-8H2,1-5H3,(H,18,20)/t13-,14-/m0/s1. The van der Waals surface area contributed by atoms with Crippen LogP contribution in [-0.4, -0.2) is 33.0 Å². The fourth-order valence-electron chi connectivity index (χ4n) is 2.33. The van der Waals surface area contributed by atoms with E-state index in [2.05, 4.69) is 10.0 Å². The predicted molar refractivity (Wildman–Crippen MR) is 94.6 cm³/mol. The van der Waals surface area contributed by atoms with E-state index in [-0.39, 0.29) is 16.8 Å². The van der Waals surface area contributed by atoms with Crippen LogP contribution in [0.15, 0.2) is 23.1 Å². The Kier molecular flexibility index (Phi) is 7.69. The van der Waals surface area contributed by atoms with Gasteiger partial charge in [0.25, 0.3) is 0 Å². The molecule has 0 bridgehead atoms. The van der Waals surface area contributed by atoms with Crippen LogP contribution in [0, 0.1) is 6.92 Å². The van der Waals surface area contributed by atoms with E-state index in [9.17, 15) is 13.2 Å². The molecule has 6 nitrogen and oxygen atoms in total. The molecule has 24 heavy (non-hydrogen) atoms. The minimum absolute atomic E-state index is 0.0159. The summed E-state index contributed by atoms with van der Waals surface area (Å²) in [6, 6.07) is 3.81. The van der Waals surface area contributed by atoms with Crippen LogP contribution in [0.25, 0.3) is 0 Å². The van der Waals surface area contributed by atoms with Crippen LogP contribution >= 0.6 is 0 Å². The van der Waals surface area contributed by atoms with Gasteiger partial charge >= 0.3 is 0 Å². The summed E-state index contributed by atoms with van der Waals surface area (Å²) in [6.45, 7) is 9.63. The molecule has 0 fully saturated rings. The minimum Gasteiger partial charge on any atom is -0.494 e. The molecule has 0 aromatic heterocycles. The summed E-state index contributed by atoms with van der Waals surface area (Å²) in [6.07, 6.45) is 1.80. The van der Waals surface area contributed by atoms with Gasteiger partial charge in [0.2, 0.25) is 15.9 Å². The SMILES string of the molecule is CCC[C@H](C)NC(=O)[C@H](C)NS(=O)(=O)c1ccc(OCC)c(C)c1. The van der Waals surface area contributed by atoms with Gasteiger partial charge in [-0.1, -0.05) is 13.3 Å². The van der Waals surface area contributed by atoms with Crippen LogP contribution in [0.2, 0.25) is 0 Å². The number of hydrogen-bond acceptors (Lipinski definition) is 4. The lowest BCUT2D eigenvalue weighted by molar-refractivity contribution is -0.123. The molecular weight excluding hydrogens is 328 g/mol. The van der Waals surface area contributed by atoms with Crippen molar-refractivity contribution in [2.24, 2.45) is 0 Å². The van der Waals surface area contributed by atoms with Gasteiger partial charge in [-0.05, 0) is 57.9 Å². The molecule has 1 aromatic carbocycles. The third kappa shape index (κ3) is 5.79. The second-order valence-electron chi connectivity index (χ2n) is 5.90. The molecule has 136 valence electrons. The van der Waals surface area contributed by atoms with Crippen LogP contribution < -0.4 is 14.8 Å². The molecule has 0 heterocycles. The van der Waals surface area contributed by atoms with Gasteiger partial charge in [-0.25, -0.2) is 8.42 Å². The van der Waals surface area contributed by atoms with Crippen molar-refractivity contribution in [3.8, 4) is 5.75 Å². The number of amides is 1. The molecule has 0 aliphatic heterocycles.